The SMILES string of the molecule is COC1(O)C=C2OC(O)C(=O)NC2=CC1. The average molecular weight is 213 g/mol. The van der Waals surface area contributed by atoms with Crippen LogP contribution in [-0.2, 0) is 14.3 Å². The summed E-state index contributed by atoms with van der Waals surface area (Å²) in [7, 11) is 1.35. The van der Waals surface area contributed by atoms with Crippen LogP contribution in [0.2, 0.25) is 0 Å². The first-order valence-electron chi connectivity index (χ1n) is 4.40. The van der Waals surface area contributed by atoms with Gasteiger partial charge in [-0.2, -0.15) is 0 Å². The van der Waals surface area contributed by atoms with Crippen molar-refractivity contribution in [1.29, 1.82) is 0 Å². The number of carbonyl (C=O) groups excluding carboxylic acids is 1. The summed E-state index contributed by atoms with van der Waals surface area (Å²) in [5.41, 5.74) is 0.437. The fourth-order valence-corrected chi connectivity index (χ4v) is 1.41. The van der Waals surface area contributed by atoms with Crippen LogP contribution in [0.25, 0.3) is 0 Å². The number of morpholine rings is 1. The zero-order chi connectivity index (χ0) is 11.1. The monoisotopic (exact) mass is 213 g/mol. The van der Waals surface area contributed by atoms with E-state index in [-0.39, 0.29) is 12.2 Å². The van der Waals surface area contributed by atoms with Crippen LogP contribution in [0.5, 0.6) is 0 Å². The van der Waals surface area contributed by atoms with E-state index in [9.17, 15) is 9.90 Å². The fourth-order valence-electron chi connectivity index (χ4n) is 1.41. The summed E-state index contributed by atoms with van der Waals surface area (Å²) in [6.07, 6.45) is 1.54. The van der Waals surface area contributed by atoms with Crippen molar-refractivity contribution in [3.8, 4) is 0 Å². The summed E-state index contributed by atoms with van der Waals surface area (Å²) >= 11 is 0. The Bertz CT molecular complexity index is 362. The number of hydrogen-bond acceptors (Lipinski definition) is 5. The topological polar surface area (TPSA) is 88.0 Å². The van der Waals surface area contributed by atoms with Crippen LogP contribution in [0.3, 0.4) is 0 Å². The van der Waals surface area contributed by atoms with Crippen LogP contribution in [0.1, 0.15) is 6.42 Å². The molecule has 15 heavy (non-hydrogen) atoms. The highest BCUT2D eigenvalue weighted by Crippen LogP contribution is 2.28. The molecule has 6 nitrogen and oxygen atoms in total. The molecule has 1 aliphatic carbocycles. The first-order valence-corrected chi connectivity index (χ1v) is 4.40. The van der Waals surface area contributed by atoms with Crippen molar-refractivity contribution in [3.05, 3.63) is 23.6 Å². The summed E-state index contributed by atoms with van der Waals surface area (Å²) in [6.45, 7) is 0. The van der Waals surface area contributed by atoms with Crippen molar-refractivity contribution < 1.29 is 24.5 Å². The van der Waals surface area contributed by atoms with Gasteiger partial charge in [0.05, 0.1) is 5.70 Å². The van der Waals surface area contributed by atoms with E-state index < -0.39 is 18.0 Å². The lowest BCUT2D eigenvalue weighted by Crippen LogP contribution is -2.44. The molecule has 0 saturated carbocycles. The number of carbonyl (C=O) groups is 1. The summed E-state index contributed by atoms with van der Waals surface area (Å²) in [4.78, 5) is 11.0. The zero-order valence-corrected chi connectivity index (χ0v) is 8.06. The van der Waals surface area contributed by atoms with Gasteiger partial charge in [0.25, 0.3) is 12.2 Å². The molecule has 2 unspecified atom stereocenters. The van der Waals surface area contributed by atoms with Gasteiger partial charge in [0.2, 0.25) is 0 Å². The lowest BCUT2D eigenvalue weighted by molar-refractivity contribution is -0.162. The van der Waals surface area contributed by atoms with E-state index in [0.717, 1.165) is 0 Å². The lowest BCUT2D eigenvalue weighted by atomic mass is 10.0. The van der Waals surface area contributed by atoms with Gasteiger partial charge in [-0.05, 0) is 0 Å². The molecule has 1 saturated heterocycles. The molecule has 1 aliphatic heterocycles. The van der Waals surface area contributed by atoms with E-state index >= 15 is 0 Å². The van der Waals surface area contributed by atoms with Gasteiger partial charge in [-0.1, -0.05) is 6.08 Å². The lowest BCUT2D eigenvalue weighted by Gasteiger charge is -2.31. The van der Waals surface area contributed by atoms with Crippen LogP contribution in [0.15, 0.2) is 23.6 Å². The van der Waals surface area contributed by atoms with Gasteiger partial charge >= 0.3 is 0 Å². The molecular formula is C9H11NO5. The van der Waals surface area contributed by atoms with Crippen molar-refractivity contribution >= 4 is 5.91 Å². The molecule has 2 atom stereocenters. The summed E-state index contributed by atoms with van der Waals surface area (Å²) in [5, 5.41) is 21.3. The average Bonchev–Trinajstić information content (AvgIpc) is 2.21. The normalized spacial score (nSPS) is 34.6. The quantitative estimate of drug-likeness (QED) is 0.484. The first kappa shape index (κ1) is 10.2. The second-order valence-corrected chi connectivity index (χ2v) is 3.34. The summed E-state index contributed by atoms with van der Waals surface area (Å²) in [6, 6.07) is 0. The Balaban J connectivity index is 2.26. The van der Waals surface area contributed by atoms with Crippen LogP contribution >= 0.6 is 0 Å². The molecule has 0 aromatic rings. The third-order valence-electron chi connectivity index (χ3n) is 2.29. The predicted octanol–water partition coefficient (Wildman–Crippen LogP) is -1.04. The standard InChI is InChI=1S/C9H11NO5/c1-14-9(13)3-2-5-6(4-9)15-8(12)7(11)10-5/h2,4,8,12-13H,3H2,1H3,(H,10,11). The third-order valence-corrected chi connectivity index (χ3v) is 2.29. The number of fused-ring (bicyclic) bond motifs is 1. The third kappa shape index (κ3) is 1.74. The Labute approximate surface area is 85.8 Å². The largest absolute Gasteiger partial charge is 0.453 e. The molecule has 3 N–H and O–H groups in total. The maximum absolute atomic E-state index is 11.0. The van der Waals surface area contributed by atoms with Crippen molar-refractivity contribution in [2.75, 3.05) is 7.11 Å². The highest BCUT2D eigenvalue weighted by atomic mass is 16.6. The minimum atomic E-state index is -1.55. The van der Waals surface area contributed by atoms with Crippen LogP contribution in [0, 0.1) is 0 Å². The summed E-state index contributed by atoms with van der Waals surface area (Å²) < 4.78 is 9.75. The van der Waals surface area contributed by atoms with Crippen LogP contribution in [-0.4, -0.2) is 35.3 Å². The van der Waals surface area contributed by atoms with E-state index in [1.807, 2.05) is 0 Å². The Kier molecular flexibility index (Phi) is 2.26. The van der Waals surface area contributed by atoms with Crippen LogP contribution < -0.4 is 5.32 Å². The molecule has 6 heteroatoms. The zero-order valence-electron chi connectivity index (χ0n) is 8.06. The first-order chi connectivity index (χ1) is 7.04. The minimum absolute atomic E-state index is 0.206. The Morgan fingerprint density at radius 2 is 2.47 bits per heavy atom. The molecule has 1 fully saturated rings. The molecule has 1 heterocycles. The Morgan fingerprint density at radius 1 is 1.73 bits per heavy atom. The molecule has 82 valence electrons. The van der Waals surface area contributed by atoms with Gasteiger partial charge in [-0.3, -0.25) is 4.79 Å². The maximum atomic E-state index is 11.0. The van der Waals surface area contributed by atoms with E-state index in [4.69, 9.17) is 14.6 Å². The molecule has 0 radical (unpaired) electrons. The fraction of sp³-hybridized carbons (Fsp3) is 0.444. The Hall–Kier alpha value is -1.37. The predicted molar refractivity (Wildman–Crippen MR) is 48.0 cm³/mol. The van der Waals surface area contributed by atoms with Gasteiger partial charge < -0.3 is 25.0 Å². The molecule has 2 rings (SSSR count). The summed E-state index contributed by atoms with van der Waals surface area (Å²) in [5.74, 6) is -1.86. The highest BCUT2D eigenvalue weighted by Gasteiger charge is 2.35. The molecule has 0 spiro atoms. The van der Waals surface area contributed by atoms with Gasteiger partial charge in [0.1, 0.15) is 5.76 Å². The smallest absolute Gasteiger partial charge is 0.293 e. The van der Waals surface area contributed by atoms with Crippen LogP contribution in [0.4, 0.5) is 0 Å². The number of rotatable bonds is 1. The number of ether oxygens (including phenoxy) is 2. The van der Waals surface area contributed by atoms with E-state index in [1.54, 1.807) is 6.08 Å². The molecule has 1 amide bonds. The minimum Gasteiger partial charge on any atom is -0.453 e. The molecular weight excluding hydrogens is 202 g/mol. The van der Waals surface area contributed by atoms with E-state index in [1.165, 1.54) is 13.2 Å². The Morgan fingerprint density at radius 3 is 3.13 bits per heavy atom. The van der Waals surface area contributed by atoms with E-state index in [0.29, 0.717) is 5.70 Å². The number of nitrogens with one attached hydrogen (secondary N) is 1. The molecule has 0 aromatic carbocycles. The van der Waals surface area contributed by atoms with Crippen molar-refractivity contribution in [3.63, 3.8) is 0 Å². The molecule has 2 aliphatic rings. The van der Waals surface area contributed by atoms with Gasteiger partial charge in [-0.15, -0.1) is 0 Å². The van der Waals surface area contributed by atoms with Crippen molar-refractivity contribution in [2.24, 2.45) is 0 Å². The van der Waals surface area contributed by atoms with Gasteiger partial charge in [0, 0.05) is 19.6 Å². The number of aliphatic hydroxyl groups excluding tert-OH is 1. The van der Waals surface area contributed by atoms with Gasteiger partial charge in [0.15, 0.2) is 5.79 Å². The van der Waals surface area contributed by atoms with Crippen molar-refractivity contribution in [2.45, 2.75) is 18.5 Å². The molecule has 0 bridgehead atoms. The molecule has 0 aromatic heterocycles. The number of hydrogen-bond donors (Lipinski definition) is 3. The second-order valence-electron chi connectivity index (χ2n) is 3.34. The van der Waals surface area contributed by atoms with Gasteiger partial charge in [-0.25, -0.2) is 0 Å². The maximum Gasteiger partial charge on any atom is 0.293 e. The van der Waals surface area contributed by atoms with Crippen molar-refractivity contribution in [1.82, 2.24) is 5.32 Å². The number of aliphatic hydroxyl groups is 2. The van der Waals surface area contributed by atoms with E-state index in [2.05, 4.69) is 5.32 Å². The number of amides is 1. The number of methoxy groups -OCH3 is 1. The highest BCUT2D eigenvalue weighted by molar-refractivity contribution is 5.83. The second kappa shape index (κ2) is 3.34.